The fourth-order valence-corrected chi connectivity index (χ4v) is 3.02. The normalized spacial score (nSPS) is 22.3. The minimum atomic E-state index is -0.179. The van der Waals surface area contributed by atoms with Gasteiger partial charge in [-0.25, -0.2) is 0 Å². The van der Waals surface area contributed by atoms with Crippen molar-refractivity contribution < 1.29 is 9.53 Å². The third-order valence-corrected chi connectivity index (χ3v) is 4.23. The number of ether oxygens (including phenoxy) is 1. The second-order valence-corrected chi connectivity index (χ2v) is 5.95. The Labute approximate surface area is 131 Å². The first-order valence-corrected chi connectivity index (χ1v) is 7.76. The summed E-state index contributed by atoms with van der Waals surface area (Å²) in [6.07, 6.45) is 1.99. The van der Waals surface area contributed by atoms with E-state index in [0.29, 0.717) is 6.42 Å². The van der Waals surface area contributed by atoms with Crippen molar-refractivity contribution in [2.24, 2.45) is 11.7 Å². The molecule has 2 N–H and O–H groups in total. The van der Waals surface area contributed by atoms with Crippen molar-refractivity contribution in [3.05, 3.63) is 71.8 Å². The largest absolute Gasteiger partial charge is 0.460 e. The molecule has 3 atom stereocenters. The van der Waals surface area contributed by atoms with E-state index >= 15 is 0 Å². The van der Waals surface area contributed by atoms with E-state index in [1.807, 2.05) is 48.5 Å². The summed E-state index contributed by atoms with van der Waals surface area (Å²) in [5.41, 5.74) is 8.60. The van der Waals surface area contributed by atoms with E-state index in [9.17, 15) is 4.79 Å². The summed E-state index contributed by atoms with van der Waals surface area (Å²) in [6.45, 7) is 0. The van der Waals surface area contributed by atoms with E-state index in [0.717, 1.165) is 12.8 Å². The van der Waals surface area contributed by atoms with Gasteiger partial charge in [-0.1, -0.05) is 60.7 Å². The highest BCUT2D eigenvalue weighted by Gasteiger charge is 2.37. The molecule has 3 heteroatoms. The van der Waals surface area contributed by atoms with Gasteiger partial charge in [0.25, 0.3) is 0 Å². The van der Waals surface area contributed by atoms with E-state index in [1.54, 1.807) is 0 Å². The van der Waals surface area contributed by atoms with E-state index in [4.69, 9.17) is 10.5 Å². The topological polar surface area (TPSA) is 52.3 Å². The van der Waals surface area contributed by atoms with Crippen molar-refractivity contribution in [2.45, 2.75) is 31.4 Å². The Morgan fingerprint density at radius 2 is 1.59 bits per heavy atom. The van der Waals surface area contributed by atoms with Gasteiger partial charge in [0, 0.05) is 6.04 Å². The predicted molar refractivity (Wildman–Crippen MR) is 86.3 cm³/mol. The Hall–Kier alpha value is -2.13. The van der Waals surface area contributed by atoms with Crippen LogP contribution in [0.5, 0.6) is 0 Å². The van der Waals surface area contributed by atoms with Gasteiger partial charge in [0.1, 0.15) is 6.10 Å². The number of hydrogen-bond donors (Lipinski definition) is 1. The minimum Gasteiger partial charge on any atom is -0.460 e. The lowest BCUT2D eigenvalue weighted by Crippen LogP contribution is -2.36. The zero-order valence-electron chi connectivity index (χ0n) is 12.5. The summed E-state index contributed by atoms with van der Waals surface area (Å²) in [6, 6.07) is 20.0. The average molecular weight is 295 g/mol. The zero-order chi connectivity index (χ0) is 15.4. The van der Waals surface area contributed by atoms with Crippen LogP contribution in [0, 0.1) is 5.92 Å². The van der Waals surface area contributed by atoms with Crippen LogP contribution in [-0.4, -0.2) is 18.1 Å². The van der Waals surface area contributed by atoms with Crippen molar-refractivity contribution >= 4 is 5.97 Å². The highest BCUT2D eigenvalue weighted by molar-refractivity contribution is 5.75. The average Bonchev–Trinajstić information content (AvgIpc) is 2.90. The highest BCUT2D eigenvalue weighted by Crippen LogP contribution is 2.27. The van der Waals surface area contributed by atoms with Crippen molar-refractivity contribution in [2.75, 3.05) is 0 Å². The molecule has 3 rings (SSSR count). The van der Waals surface area contributed by atoms with Gasteiger partial charge >= 0.3 is 5.97 Å². The van der Waals surface area contributed by atoms with Crippen LogP contribution < -0.4 is 5.73 Å². The second kappa shape index (κ2) is 6.75. The molecule has 0 bridgehead atoms. The maximum atomic E-state index is 12.1. The van der Waals surface area contributed by atoms with Crippen molar-refractivity contribution in [1.29, 1.82) is 0 Å². The summed E-state index contributed by atoms with van der Waals surface area (Å²) >= 11 is 0. The molecule has 114 valence electrons. The molecule has 1 aliphatic rings. The number of hydrogen-bond acceptors (Lipinski definition) is 3. The summed E-state index contributed by atoms with van der Waals surface area (Å²) in [5, 5.41) is 0. The molecule has 2 aromatic carbocycles. The predicted octanol–water partition coefficient (Wildman–Crippen LogP) is 2.73. The van der Waals surface area contributed by atoms with Gasteiger partial charge in [0.05, 0.1) is 5.92 Å². The van der Waals surface area contributed by atoms with Gasteiger partial charge in [0.2, 0.25) is 0 Å². The first kappa shape index (κ1) is 14.8. The first-order chi connectivity index (χ1) is 10.7. The van der Waals surface area contributed by atoms with Crippen molar-refractivity contribution in [3.8, 4) is 0 Å². The van der Waals surface area contributed by atoms with E-state index < -0.39 is 0 Å². The quantitative estimate of drug-likeness (QED) is 0.863. The molecule has 0 saturated carbocycles. The van der Waals surface area contributed by atoms with Crippen LogP contribution in [0.3, 0.4) is 0 Å². The molecule has 1 fully saturated rings. The molecule has 2 aromatic rings. The standard InChI is InChI=1S/C19H21NO2/c20-17(12-15-9-5-2-6-10-15)18-13-16(19(21)22-18)11-14-7-3-1-4-8-14/h1-10,16-18H,11-13,20H2/t16-,17+,18+/m1/s1. The van der Waals surface area contributed by atoms with Gasteiger partial charge in [-0.05, 0) is 30.4 Å². The third-order valence-electron chi connectivity index (χ3n) is 4.23. The molecule has 1 heterocycles. The van der Waals surface area contributed by atoms with Gasteiger partial charge in [-0.2, -0.15) is 0 Å². The Bertz CT molecular complexity index is 612. The fraction of sp³-hybridized carbons (Fsp3) is 0.316. The molecule has 0 radical (unpaired) electrons. The number of carbonyl (C=O) groups excluding carboxylic acids is 1. The van der Waals surface area contributed by atoms with Gasteiger partial charge < -0.3 is 10.5 Å². The molecule has 1 aliphatic heterocycles. The number of benzene rings is 2. The lowest BCUT2D eigenvalue weighted by Gasteiger charge is -2.18. The molecule has 0 amide bonds. The SMILES string of the molecule is N[C@@H](Cc1ccccc1)[C@@H]1C[C@@H](Cc2ccccc2)C(=O)O1. The Morgan fingerprint density at radius 1 is 1.00 bits per heavy atom. The molecule has 0 aliphatic carbocycles. The van der Waals surface area contributed by atoms with Gasteiger partial charge in [-0.15, -0.1) is 0 Å². The van der Waals surface area contributed by atoms with Crippen LogP contribution in [0.15, 0.2) is 60.7 Å². The first-order valence-electron chi connectivity index (χ1n) is 7.76. The fourth-order valence-electron chi connectivity index (χ4n) is 3.02. The smallest absolute Gasteiger partial charge is 0.309 e. The molecular formula is C19H21NO2. The molecule has 22 heavy (non-hydrogen) atoms. The third kappa shape index (κ3) is 3.55. The lowest BCUT2D eigenvalue weighted by atomic mass is 9.92. The number of rotatable bonds is 5. The van der Waals surface area contributed by atoms with Crippen LogP contribution in [0.2, 0.25) is 0 Å². The number of carbonyl (C=O) groups is 1. The molecule has 3 nitrogen and oxygen atoms in total. The summed E-state index contributed by atoms with van der Waals surface area (Å²) < 4.78 is 5.52. The Balaban J connectivity index is 1.59. The zero-order valence-corrected chi connectivity index (χ0v) is 12.5. The van der Waals surface area contributed by atoms with Gasteiger partial charge in [-0.3, -0.25) is 4.79 Å². The minimum absolute atomic E-state index is 0.0748. The highest BCUT2D eigenvalue weighted by atomic mass is 16.6. The summed E-state index contributed by atoms with van der Waals surface area (Å²) in [4.78, 5) is 12.1. The Morgan fingerprint density at radius 3 is 2.23 bits per heavy atom. The maximum absolute atomic E-state index is 12.1. The summed E-state index contributed by atoms with van der Waals surface area (Å²) in [5.74, 6) is -0.188. The summed E-state index contributed by atoms with van der Waals surface area (Å²) in [7, 11) is 0. The van der Waals surface area contributed by atoms with Gasteiger partial charge in [0.15, 0.2) is 0 Å². The molecule has 0 unspecified atom stereocenters. The lowest BCUT2D eigenvalue weighted by molar-refractivity contribution is -0.144. The van der Waals surface area contributed by atoms with Crippen molar-refractivity contribution in [3.63, 3.8) is 0 Å². The molecular weight excluding hydrogens is 274 g/mol. The molecule has 0 aromatic heterocycles. The van der Waals surface area contributed by atoms with Crippen LogP contribution >= 0.6 is 0 Å². The number of cyclic esters (lactones) is 1. The Kier molecular flexibility index (Phi) is 4.54. The van der Waals surface area contributed by atoms with E-state index in [2.05, 4.69) is 12.1 Å². The molecule has 1 saturated heterocycles. The maximum Gasteiger partial charge on any atom is 0.309 e. The van der Waals surface area contributed by atoms with E-state index in [-0.39, 0.29) is 24.0 Å². The van der Waals surface area contributed by atoms with Crippen LogP contribution in [-0.2, 0) is 22.4 Å². The van der Waals surface area contributed by atoms with Crippen LogP contribution in [0.1, 0.15) is 17.5 Å². The number of esters is 1. The second-order valence-electron chi connectivity index (χ2n) is 5.95. The molecule has 0 spiro atoms. The van der Waals surface area contributed by atoms with Crippen LogP contribution in [0.25, 0.3) is 0 Å². The monoisotopic (exact) mass is 295 g/mol. The van der Waals surface area contributed by atoms with Crippen LogP contribution in [0.4, 0.5) is 0 Å². The number of nitrogens with two attached hydrogens (primary N) is 1. The van der Waals surface area contributed by atoms with E-state index in [1.165, 1.54) is 11.1 Å². The van der Waals surface area contributed by atoms with Crippen molar-refractivity contribution in [1.82, 2.24) is 0 Å².